The normalized spacial score (nSPS) is 11.4. The monoisotopic (exact) mass is 313 g/mol. The van der Waals surface area contributed by atoms with Crippen LogP contribution in [0.15, 0.2) is 5.38 Å². The molecule has 0 atom stereocenters. The van der Waals surface area contributed by atoms with Crippen LogP contribution >= 0.6 is 11.3 Å². The number of carbonyl (C=O) groups excluding carboxylic acids is 2. The Hall–Kier alpha value is -1.56. The van der Waals surface area contributed by atoms with Gasteiger partial charge in [0.15, 0.2) is 0 Å². The Labute approximate surface area is 129 Å². The molecule has 1 N–H and O–H groups in total. The molecule has 0 radical (unpaired) electrons. The summed E-state index contributed by atoms with van der Waals surface area (Å²) in [7, 11) is 0. The van der Waals surface area contributed by atoms with Crippen molar-refractivity contribution >= 4 is 28.4 Å². The molecule has 1 heterocycles. The minimum absolute atomic E-state index is 0.154. The number of thiophene rings is 1. The number of esters is 1. The number of amides is 1. The van der Waals surface area contributed by atoms with Gasteiger partial charge in [0.1, 0.15) is 10.6 Å². The minimum atomic E-state index is -0.589. The third kappa shape index (κ3) is 5.04. The van der Waals surface area contributed by atoms with Gasteiger partial charge in [0.05, 0.1) is 12.2 Å². The molecule has 0 aromatic carbocycles. The van der Waals surface area contributed by atoms with E-state index in [1.807, 2.05) is 40.0 Å². The molecular weight excluding hydrogens is 290 g/mol. The fourth-order valence-corrected chi connectivity index (χ4v) is 2.78. The summed E-state index contributed by atoms with van der Waals surface area (Å²) in [5.41, 5.74) is 0.688. The van der Waals surface area contributed by atoms with E-state index in [9.17, 15) is 9.59 Å². The van der Waals surface area contributed by atoms with Crippen molar-refractivity contribution in [1.29, 1.82) is 0 Å². The van der Waals surface area contributed by atoms with Gasteiger partial charge in [-0.2, -0.15) is 0 Å². The number of rotatable bonds is 4. The predicted octanol–water partition coefficient (Wildman–Crippen LogP) is 4.40. The van der Waals surface area contributed by atoms with Crippen LogP contribution < -0.4 is 5.32 Å². The maximum Gasteiger partial charge on any atom is 0.412 e. The van der Waals surface area contributed by atoms with Crippen molar-refractivity contribution < 1.29 is 19.1 Å². The summed E-state index contributed by atoms with van der Waals surface area (Å²) in [6.45, 7) is 11.4. The lowest BCUT2D eigenvalue weighted by Gasteiger charge is -2.20. The zero-order valence-electron chi connectivity index (χ0n) is 13.4. The third-order valence-electron chi connectivity index (χ3n) is 2.54. The second-order valence-corrected chi connectivity index (χ2v) is 6.78. The van der Waals surface area contributed by atoms with E-state index in [4.69, 9.17) is 9.47 Å². The van der Waals surface area contributed by atoms with Crippen LogP contribution in [0.25, 0.3) is 0 Å². The van der Waals surface area contributed by atoms with E-state index in [2.05, 4.69) is 5.32 Å². The van der Waals surface area contributed by atoms with Gasteiger partial charge >= 0.3 is 12.1 Å². The highest BCUT2D eigenvalue weighted by Gasteiger charge is 2.27. The fourth-order valence-electron chi connectivity index (χ4n) is 1.69. The molecule has 0 aliphatic heterocycles. The van der Waals surface area contributed by atoms with E-state index in [0.717, 1.165) is 5.56 Å². The summed E-state index contributed by atoms with van der Waals surface area (Å²) in [6, 6.07) is 0. The molecule has 0 fully saturated rings. The molecule has 0 unspecified atom stereocenters. The van der Waals surface area contributed by atoms with Crippen molar-refractivity contribution in [2.75, 3.05) is 11.9 Å². The van der Waals surface area contributed by atoms with Crippen LogP contribution in [0.2, 0.25) is 0 Å². The van der Waals surface area contributed by atoms with Gasteiger partial charge in [0, 0.05) is 0 Å². The minimum Gasteiger partial charge on any atom is -0.456 e. The standard InChI is InChI=1S/C15H23NO4S/c1-7-19-14(18)16-12-11(10(8-21-12)9(2)3)13(17)20-15(4,5)6/h8-9H,7H2,1-6H3,(H,16,18). The second-order valence-electron chi connectivity index (χ2n) is 5.90. The number of nitrogens with one attached hydrogen (secondary N) is 1. The second kappa shape index (κ2) is 6.93. The molecule has 0 bridgehead atoms. The number of carbonyl (C=O) groups is 2. The lowest BCUT2D eigenvalue weighted by atomic mass is 10.0. The molecule has 1 aromatic heterocycles. The predicted molar refractivity (Wildman–Crippen MR) is 84.2 cm³/mol. The van der Waals surface area contributed by atoms with Gasteiger partial charge in [-0.1, -0.05) is 13.8 Å². The van der Waals surface area contributed by atoms with E-state index in [0.29, 0.717) is 10.6 Å². The van der Waals surface area contributed by atoms with Gasteiger partial charge in [-0.15, -0.1) is 11.3 Å². The third-order valence-corrected chi connectivity index (χ3v) is 3.45. The Balaban J connectivity index is 3.10. The van der Waals surface area contributed by atoms with Crippen molar-refractivity contribution in [2.24, 2.45) is 0 Å². The average molecular weight is 313 g/mol. The summed E-state index contributed by atoms with van der Waals surface area (Å²) in [5, 5.41) is 4.94. The maximum absolute atomic E-state index is 12.4. The largest absolute Gasteiger partial charge is 0.456 e. The number of anilines is 1. The van der Waals surface area contributed by atoms with Crippen LogP contribution in [0.4, 0.5) is 9.80 Å². The van der Waals surface area contributed by atoms with Gasteiger partial charge in [-0.3, -0.25) is 5.32 Å². The summed E-state index contributed by atoms with van der Waals surface area (Å²) in [6.07, 6.45) is -0.570. The van der Waals surface area contributed by atoms with Crippen LogP contribution in [-0.4, -0.2) is 24.3 Å². The van der Waals surface area contributed by atoms with Crippen molar-refractivity contribution in [2.45, 2.75) is 53.1 Å². The Morgan fingerprint density at radius 2 is 1.95 bits per heavy atom. The molecule has 0 aliphatic rings. The highest BCUT2D eigenvalue weighted by atomic mass is 32.1. The van der Waals surface area contributed by atoms with Crippen LogP contribution in [0.3, 0.4) is 0 Å². The quantitative estimate of drug-likeness (QED) is 0.837. The lowest BCUT2D eigenvalue weighted by molar-refractivity contribution is 0.00698. The van der Waals surface area contributed by atoms with Gasteiger partial charge < -0.3 is 9.47 Å². The average Bonchev–Trinajstić information content (AvgIpc) is 2.70. The molecule has 0 spiro atoms. The summed E-state index contributed by atoms with van der Waals surface area (Å²) < 4.78 is 10.3. The molecule has 6 heteroatoms. The van der Waals surface area contributed by atoms with E-state index in [-0.39, 0.29) is 12.5 Å². The highest BCUT2D eigenvalue weighted by molar-refractivity contribution is 7.15. The number of ether oxygens (including phenoxy) is 2. The smallest absolute Gasteiger partial charge is 0.412 e. The molecular formula is C15H23NO4S. The lowest BCUT2D eigenvalue weighted by Crippen LogP contribution is -2.25. The van der Waals surface area contributed by atoms with Gasteiger partial charge in [0.2, 0.25) is 0 Å². The molecule has 0 aliphatic carbocycles. The van der Waals surface area contributed by atoms with Crippen LogP contribution in [-0.2, 0) is 9.47 Å². The Kier molecular flexibility index (Phi) is 5.78. The zero-order valence-corrected chi connectivity index (χ0v) is 14.2. The molecule has 118 valence electrons. The number of hydrogen-bond acceptors (Lipinski definition) is 5. The first kappa shape index (κ1) is 17.5. The summed E-state index contributed by atoms with van der Waals surface area (Å²) in [5.74, 6) is -0.277. The Morgan fingerprint density at radius 3 is 2.43 bits per heavy atom. The molecule has 0 saturated carbocycles. The fraction of sp³-hybridized carbons (Fsp3) is 0.600. The van der Waals surface area contributed by atoms with Crippen molar-refractivity contribution in [3.8, 4) is 0 Å². The molecule has 1 rings (SSSR count). The first-order valence-electron chi connectivity index (χ1n) is 6.94. The van der Waals surface area contributed by atoms with Gasteiger partial charge in [0.25, 0.3) is 0 Å². The molecule has 1 amide bonds. The van der Waals surface area contributed by atoms with E-state index in [1.54, 1.807) is 6.92 Å². The van der Waals surface area contributed by atoms with Crippen molar-refractivity contribution in [1.82, 2.24) is 0 Å². The number of hydrogen-bond donors (Lipinski definition) is 1. The van der Waals surface area contributed by atoms with Gasteiger partial charge in [-0.05, 0) is 44.6 Å². The highest BCUT2D eigenvalue weighted by Crippen LogP contribution is 2.34. The van der Waals surface area contributed by atoms with Crippen molar-refractivity contribution in [3.63, 3.8) is 0 Å². The van der Waals surface area contributed by atoms with Crippen LogP contribution in [0.1, 0.15) is 63.4 Å². The zero-order chi connectivity index (χ0) is 16.2. The Bertz CT molecular complexity index is 514. The molecule has 0 saturated heterocycles. The van der Waals surface area contributed by atoms with Gasteiger partial charge in [-0.25, -0.2) is 9.59 Å². The van der Waals surface area contributed by atoms with Crippen LogP contribution in [0.5, 0.6) is 0 Å². The first-order valence-corrected chi connectivity index (χ1v) is 7.82. The van der Waals surface area contributed by atoms with E-state index >= 15 is 0 Å². The topological polar surface area (TPSA) is 64.6 Å². The molecule has 5 nitrogen and oxygen atoms in total. The first-order chi connectivity index (χ1) is 9.65. The molecule has 1 aromatic rings. The van der Waals surface area contributed by atoms with Crippen molar-refractivity contribution in [3.05, 3.63) is 16.5 Å². The van der Waals surface area contributed by atoms with Crippen LogP contribution in [0, 0.1) is 0 Å². The summed E-state index contributed by atoms with van der Waals surface area (Å²) in [4.78, 5) is 24.0. The molecule has 21 heavy (non-hydrogen) atoms. The maximum atomic E-state index is 12.4. The summed E-state index contributed by atoms with van der Waals surface area (Å²) >= 11 is 1.30. The van der Waals surface area contributed by atoms with E-state index < -0.39 is 17.7 Å². The SMILES string of the molecule is CCOC(=O)Nc1scc(C(C)C)c1C(=O)OC(C)(C)C. The Morgan fingerprint density at radius 1 is 1.33 bits per heavy atom. The van der Waals surface area contributed by atoms with E-state index in [1.165, 1.54) is 11.3 Å².